The van der Waals surface area contributed by atoms with Gasteiger partial charge in [-0.2, -0.15) is 4.98 Å². The molecule has 0 aliphatic carbocycles. The van der Waals surface area contributed by atoms with Crippen LogP contribution in [0.25, 0.3) is 10.9 Å². The second kappa shape index (κ2) is 5.31. The van der Waals surface area contributed by atoms with E-state index in [1.54, 1.807) is 0 Å². The molecule has 2 rings (SSSR count). The summed E-state index contributed by atoms with van der Waals surface area (Å²) >= 11 is 0. The summed E-state index contributed by atoms with van der Waals surface area (Å²) in [6.45, 7) is 2.60. The Morgan fingerprint density at radius 3 is 2.83 bits per heavy atom. The van der Waals surface area contributed by atoms with Crippen LogP contribution in [0.15, 0.2) is 24.3 Å². The minimum Gasteiger partial charge on any atom is -0.368 e. The Hall–Kier alpha value is -2.37. The topological polar surface area (TPSA) is 92.9 Å². The fourth-order valence-corrected chi connectivity index (χ4v) is 1.65. The van der Waals surface area contributed by atoms with Gasteiger partial charge in [0.2, 0.25) is 11.9 Å². The van der Waals surface area contributed by atoms with E-state index in [-0.39, 0.29) is 11.9 Å². The molecule has 1 amide bonds. The van der Waals surface area contributed by atoms with Crippen LogP contribution in [-0.4, -0.2) is 29.0 Å². The number of carbonyl (C=O) groups excluding carboxylic acids is 1. The highest BCUT2D eigenvalue weighted by Crippen LogP contribution is 2.20. The molecule has 0 saturated heterocycles. The summed E-state index contributed by atoms with van der Waals surface area (Å²) in [5.74, 6) is 0.864. The summed E-state index contributed by atoms with van der Waals surface area (Å²) < 4.78 is 0. The molecule has 94 valence electrons. The molecule has 0 radical (unpaired) electrons. The number of anilines is 2. The van der Waals surface area contributed by atoms with Crippen molar-refractivity contribution in [2.45, 2.75) is 6.92 Å². The zero-order valence-electron chi connectivity index (χ0n) is 10.1. The van der Waals surface area contributed by atoms with Crippen molar-refractivity contribution in [3.63, 3.8) is 0 Å². The van der Waals surface area contributed by atoms with Crippen molar-refractivity contribution in [2.24, 2.45) is 0 Å². The molecule has 0 fully saturated rings. The summed E-state index contributed by atoms with van der Waals surface area (Å²) in [4.78, 5) is 19.0. The first kappa shape index (κ1) is 12.1. The molecule has 6 nitrogen and oxygen atoms in total. The molecular weight excluding hydrogens is 230 g/mol. The molecule has 0 saturated carbocycles. The first-order valence-corrected chi connectivity index (χ1v) is 5.67. The Kier molecular flexibility index (Phi) is 3.57. The molecule has 2 aromatic rings. The highest BCUT2D eigenvalue weighted by atomic mass is 16.1. The summed E-state index contributed by atoms with van der Waals surface area (Å²) in [6.07, 6.45) is 0. The molecule has 4 N–H and O–H groups in total. The molecule has 0 aliphatic heterocycles. The molecule has 1 heterocycles. The maximum absolute atomic E-state index is 10.7. The average Bonchev–Trinajstić information content (AvgIpc) is 2.34. The predicted octanol–water partition coefficient (Wildman–Crippen LogP) is 0.760. The number of nitrogens with one attached hydrogen (secondary N) is 2. The van der Waals surface area contributed by atoms with E-state index in [1.165, 1.54) is 6.92 Å². The lowest BCUT2D eigenvalue weighted by Crippen LogP contribution is -2.26. The minimum atomic E-state index is -0.0520. The number of hydrogen-bond donors (Lipinski definition) is 3. The van der Waals surface area contributed by atoms with Crippen LogP contribution in [0.4, 0.5) is 11.8 Å². The molecule has 1 aromatic heterocycles. The van der Waals surface area contributed by atoms with Crippen molar-refractivity contribution in [3.8, 4) is 0 Å². The van der Waals surface area contributed by atoms with Gasteiger partial charge in [0.1, 0.15) is 5.82 Å². The van der Waals surface area contributed by atoms with E-state index in [9.17, 15) is 4.79 Å². The predicted molar refractivity (Wildman–Crippen MR) is 71.1 cm³/mol. The van der Waals surface area contributed by atoms with Crippen molar-refractivity contribution >= 4 is 28.6 Å². The van der Waals surface area contributed by atoms with Gasteiger partial charge in [0, 0.05) is 25.4 Å². The highest BCUT2D eigenvalue weighted by Gasteiger charge is 2.04. The Morgan fingerprint density at radius 2 is 2.06 bits per heavy atom. The fraction of sp³-hybridized carbons (Fsp3) is 0.250. The first-order valence-electron chi connectivity index (χ1n) is 5.67. The quantitative estimate of drug-likeness (QED) is 0.691. The minimum absolute atomic E-state index is 0.0520. The van der Waals surface area contributed by atoms with Crippen LogP contribution >= 0.6 is 0 Å². The number of hydrogen-bond acceptors (Lipinski definition) is 5. The Balaban J connectivity index is 2.14. The van der Waals surface area contributed by atoms with Crippen LogP contribution in [-0.2, 0) is 4.79 Å². The molecule has 1 aromatic carbocycles. The van der Waals surface area contributed by atoms with Gasteiger partial charge in [0.05, 0.1) is 5.52 Å². The molecule has 0 atom stereocenters. The molecule has 18 heavy (non-hydrogen) atoms. The summed E-state index contributed by atoms with van der Waals surface area (Å²) in [6, 6.07) is 7.62. The van der Waals surface area contributed by atoms with Gasteiger partial charge in [-0.1, -0.05) is 12.1 Å². The lowest BCUT2D eigenvalue weighted by Gasteiger charge is -2.09. The fourth-order valence-electron chi connectivity index (χ4n) is 1.65. The largest absolute Gasteiger partial charge is 0.368 e. The first-order chi connectivity index (χ1) is 8.66. The van der Waals surface area contributed by atoms with E-state index in [1.807, 2.05) is 24.3 Å². The van der Waals surface area contributed by atoms with Gasteiger partial charge in [-0.15, -0.1) is 0 Å². The maximum Gasteiger partial charge on any atom is 0.222 e. The van der Waals surface area contributed by atoms with E-state index in [0.717, 1.165) is 10.9 Å². The van der Waals surface area contributed by atoms with Crippen LogP contribution in [0, 0.1) is 0 Å². The number of benzene rings is 1. The SMILES string of the molecule is CC(=O)NCCNc1nc(N)nc2ccccc12. The summed E-state index contributed by atoms with van der Waals surface area (Å²) in [5.41, 5.74) is 6.44. The van der Waals surface area contributed by atoms with Crippen molar-refractivity contribution in [1.82, 2.24) is 15.3 Å². The number of amides is 1. The van der Waals surface area contributed by atoms with Gasteiger partial charge >= 0.3 is 0 Å². The summed E-state index contributed by atoms with van der Waals surface area (Å²) in [5, 5.41) is 6.75. The number of para-hydroxylation sites is 1. The van der Waals surface area contributed by atoms with Gasteiger partial charge < -0.3 is 16.4 Å². The van der Waals surface area contributed by atoms with Crippen LogP contribution in [0.2, 0.25) is 0 Å². The van der Waals surface area contributed by atoms with E-state index < -0.39 is 0 Å². The lowest BCUT2D eigenvalue weighted by atomic mass is 10.2. The Labute approximate surface area is 105 Å². The van der Waals surface area contributed by atoms with E-state index in [0.29, 0.717) is 18.9 Å². The molecule has 0 spiro atoms. The third-order valence-electron chi connectivity index (χ3n) is 2.41. The van der Waals surface area contributed by atoms with Crippen molar-refractivity contribution in [1.29, 1.82) is 0 Å². The van der Waals surface area contributed by atoms with Crippen molar-refractivity contribution in [2.75, 3.05) is 24.1 Å². The molecule has 0 unspecified atom stereocenters. The Bertz CT molecular complexity index is 569. The normalized spacial score (nSPS) is 10.3. The number of carbonyl (C=O) groups is 1. The van der Waals surface area contributed by atoms with E-state index >= 15 is 0 Å². The van der Waals surface area contributed by atoms with Crippen LogP contribution in [0.1, 0.15) is 6.92 Å². The number of nitrogen functional groups attached to an aromatic ring is 1. The number of nitrogens with zero attached hydrogens (tertiary/aromatic N) is 2. The third kappa shape index (κ3) is 2.85. The number of rotatable bonds is 4. The monoisotopic (exact) mass is 245 g/mol. The second-order valence-electron chi connectivity index (χ2n) is 3.86. The molecular formula is C12H15N5O. The van der Waals surface area contributed by atoms with Gasteiger partial charge in [-0.05, 0) is 12.1 Å². The van der Waals surface area contributed by atoms with E-state index in [4.69, 9.17) is 5.73 Å². The molecule has 6 heteroatoms. The molecule has 0 aliphatic rings. The van der Waals surface area contributed by atoms with Crippen molar-refractivity contribution in [3.05, 3.63) is 24.3 Å². The van der Waals surface area contributed by atoms with Gasteiger partial charge in [-0.25, -0.2) is 4.98 Å². The van der Waals surface area contributed by atoms with Crippen molar-refractivity contribution < 1.29 is 4.79 Å². The molecule has 0 bridgehead atoms. The number of fused-ring (bicyclic) bond motifs is 1. The Morgan fingerprint density at radius 1 is 1.28 bits per heavy atom. The average molecular weight is 245 g/mol. The van der Waals surface area contributed by atoms with Crippen LogP contribution < -0.4 is 16.4 Å². The zero-order chi connectivity index (χ0) is 13.0. The van der Waals surface area contributed by atoms with Gasteiger partial charge in [-0.3, -0.25) is 4.79 Å². The lowest BCUT2D eigenvalue weighted by molar-refractivity contribution is -0.118. The number of aromatic nitrogens is 2. The van der Waals surface area contributed by atoms with Gasteiger partial charge in [0.15, 0.2) is 0 Å². The van der Waals surface area contributed by atoms with Crippen LogP contribution in [0.3, 0.4) is 0 Å². The highest BCUT2D eigenvalue weighted by molar-refractivity contribution is 5.89. The third-order valence-corrected chi connectivity index (χ3v) is 2.41. The van der Waals surface area contributed by atoms with E-state index in [2.05, 4.69) is 20.6 Å². The summed E-state index contributed by atoms with van der Waals surface area (Å²) in [7, 11) is 0. The maximum atomic E-state index is 10.7. The van der Waals surface area contributed by atoms with Gasteiger partial charge in [0.25, 0.3) is 0 Å². The second-order valence-corrected chi connectivity index (χ2v) is 3.86. The standard InChI is InChI=1S/C12H15N5O/c1-8(18)14-6-7-15-11-9-4-2-3-5-10(9)16-12(13)17-11/h2-5H,6-7H2,1H3,(H,14,18)(H3,13,15,16,17). The number of nitrogens with two attached hydrogens (primary N) is 1. The van der Waals surface area contributed by atoms with Crippen LogP contribution in [0.5, 0.6) is 0 Å². The smallest absolute Gasteiger partial charge is 0.222 e. The zero-order valence-corrected chi connectivity index (χ0v) is 10.1.